The summed E-state index contributed by atoms with van der Waals surface area (Å²) in [4.78, 5) is 22.7. The van der Waals surface area contributed by atoms with E-state index in [0.29, 0.717) is 11.5 Å². The van der Waals surface area contributed by atoms with Gasteiger partial charge in [-0.1, -0.05) is 59.9 Å². The van der Waals surface area contributed by atoms with E-state index in [1.165, 1.54) is 20.3 Å². The van der Waals surface area contributed by atoms with Crippen LogP contribution in [0, 0.1) is 5.92 Å². The number of hydrogen-bond acceptors (Lipinski definition) is 4. The fraction of sp³-hybridized carbons (Fsp3) is 0.444. The third-order valence-electron chi connectivity index (χ3n) is 2.98. The zero-order valence-corrected chi connectivity index (χ0v) is 16.1. The van der Waals surface area contributed by atoms with Crippen LogP contribution in [-0.2, 0) is 19.1 Å². The van der Waals surface area contributed by atoms with Crippen molar-refractivity contribution in [2.24, 2.45) is 5.92 Å². The van der Waals surface area contributed by atoms with Crippen LogP contribution in [0.15, 0.2) is 46.1 Å². The lowest BCUT2D eigenvalue weighted by atomic mass is 10.0. The Morgan fingerprint density at radius 1 is 1.09 bits per heavy atom. The van der Waals surface area contributed by atoms with Crippen molar-refractivity contribution in [3.05, 3.63) is 46.1 Å². The minimum Gasteiger partial charge on any atom is -0.469 e. The molecule has 128 valence electrons. The first-order valence-corrected chi connectivity index (χ1v) is 8.71. The van der Waals surface area contributed by atoms with E-state index < -0.39 is 5.97 Å². The van der Waals surface area contributed by atoms with Crippen molar-refractivity contribution in [2.75, 3.05) is 14.2 Å². The van der Waals surface area contributed by atoms with Crippen LogP contribution < -0.4 is 0 Å². The van der Waals surface area contributed by atoms with E-state index in [-0.39, 0.29) is 12.4 Å². The lowest BCUT2D eigenvalue weighted by Gasteiger charge is -2.04. The zero-order chi connectivity index (χ0) is 17.5. The van der Waals surface area contributed by atoms with Gasteiger partial charge in [-0.3, -0.25) is 4.79 Å². The molecule has 5 heteroatoms. The Kier molecular flexibility index (Phi) is 13.4. The SMILES string of the molecule is COC(=O)/C=C(/C=C/[C@@H](C)C/C=C/CC/C=C/I)CC(=O)OC. The first-order chi connectivity index (χ1) is 11.0. The Balaban J connectivity index is 4.53. The molecular weight excluding hydrogens is 407 g/mol. The Bertz CT molecular complexity index is 475. The molecule has 0 saturated carbocycles. The molecule has 4 nitrogen and oxygen atoms in total. The van der Waals surface area contributed by atoms with E-state index in [2.05, 4.69) is 57.2 Å². The number of carbonyl (C=O) groups is 2. The molecule has 0 aliphatic heterocycles. The van der Waals surface area contributed by atoms with Gasteiger partial charge in [-0.15, -0.1) is 0 Å². The average Bonchev–Trinajstić information content (AvgIpc) is 2.55. The molecular formula is C18H25IO4. The Hall–Kier alpha value is -1.37. The number of carbonyl (C=O) groups excluding carboxylic acids is 2. The van der Waals surface area contributed by atoms with Gasteiger partial charge in [0.05, 0.1) is 20.6 Å². The van der Waals surface area contributed by atoms with Crippen LogP contribution in [-0.4, -0.2) is 26.2 Å². The number of halogens is 1. The number of methoxy groups -OCH3 is 2. The largest absolute Gasteiger partial charge is 0.469 e. The summed E-state index contributed by atoms with van der Waals surface area (Å²) >= 11 is 2.21. The van der Waals surface area contributed by atoms with Crippen molar-refractivity contribution in [1.82, 2.24) is 0 Å². The highest BCUT2D eigenvalue weighted by atomic mass is 127. The molecule has 0 rings (SSSR count). The third kappa shape index (κ3) is 12.8. The molecule has 0 aliphatic rings. The summed E-state index contributed by atoms with van der Waals surface area (Å²) in [5, 5.41) is 0. The first-order valence-electron chi connectivity index (χ1n) is 7.47. The molecule has 23 heavy (non-hydrogen) atoms. The van der Waals surface area contributed by atoms with Gasteiger partial charge in [-0.2, -0.15) is 0 Å². The summed E-state index contributed by atoms with van der Waals surface area (Å²) in [6, 6.07) is 0. The number of unbranched alkanes of at least 4 members (excludes halogenated alkanes) is 1. The molecule has 0 aromatic carbocycles. The van der Waals surface area contributed by atoms with Crippen LogP contribution in [0.25, 0.3) is 0 Å². The summed E-state index contributed by atoms with van der Waals surface area (Å²) in [5.41, 5.74) is 0.576. The second-order valence-electron chi connectivity index (χ2n) is 4.98. The second-order valence-corrected chi connectivity index (χ2v) is 5.70. The van der Waals surface area contributed by atoms with Gasteiger partial charge in [0, 0.05) is 6.08 Å². The number of hydrogen-bond donors (Lipinski definition) is 0. The third-order valence-corrected chi connectivity index (χ3v) is 3.49. The summed E-state index contributed by atoms with van der Waals surface area (Å²) in [6.45, 7) is 2.08. The highest BCUT2D eigenvalue weighted by Crippen LogP contribution is 2.11. The highest BCUT2D eigenvalue weighted by Gasteiger charge is 2.06. The van der Waals surface area contributed by atoms with Crippen LogP contribution in [0.4, 0.5) is 0 Å². The van der Waals surface area contributed by atoms with E-state index in [0.717, 1.165) is 19.3 Å². The van der Waals surface area contributed by atoms with Crippen molar-refractivity contribution < 1.29 is 19.1 Å². The smallest absolute Gasteiger partial charge is 0.330 e. The van der Waals surface area contributed by atoms with E-state index in [1.807, 2.05) is 10.2 Å². The number of esters is 2. The van der Waals surface area contributed by atoms with Gasteiger partial charge >= 0.3 is 11.9 Å². The molecule has 0 fully saturated rings. The number of allylic oxidation sites excluding steroid dienone is 5. The average molecular weight is 432 g/mol. The predicted molar refractivity (Wildman–Crippen MR) is 101 cm³/mol. The highest BCUT2D eigenvalue weighted by molar-refractivity contribution is 14.1. The second kappa shape index (κ2) is 14.2. The topological polar surface area (TPSA) is 52.6 Å². The normalized spacial score (nSPS) is 13.8. The zero-order valence-electron chi connectivity index (χ0n) is 14.0. The Morgan fingerprint density at radius 3 is 2.39 bits per heavy atom. The van der Waals surface area contributed by atoms with Gasteiger partial charge in [0.25, 0.3) is 0 Å². The van der Waals surface area contributed by atoms with Crippen LogP contribution in [0.5, 0.6) is 0 Å². The monoisotopic (exact) mass is 432 g/mol. The fourth-order valence-electron chi connectivity index (χ4n) is 1.66. The fourth-order valence-corrected chi connectivity index (χ4v) is 2.02. The predicted octanol–water partition coefficient (Wildman–Crippen LogP) is 4.52. The summed E-state index contributed by atoms with van der Waals surface area (Å²) in [7, 11) is 2.63. The summed E-state index contributed by atoms with van der Waals surface area (Å²) in [6.07, 6.45) is 14.6. The van der Waals surface area contributed by atoms with Gasteiger partial charge < -0.3 is 9.47 Å². The molecule has 0 spiro atoms. The molecule has 0 unspecified atom stereocenters. The molecule has 0 bridgehead atoms. The van der Waals surface area contributed by atoms with Crippen molar-refractivity contribution >= 4 is 34.5 Å². The molecule has 0 saturated heterocycles. The van der Waals surface area contributed by atoms with E-state index in [4.69, 9.17) is 0 Å². The maximum absolute atomic E-state index is 11.4. The van der Waals surface area contributed by atoms with Gasteiger partial charge in [0.1, 0.15) is 0 Å². The first kappa shape index (κ1) is 21.6. The van der Waals surface area contributed by atoms with Gasteiger partial charge in [-0.25, -0.2) is 4.79 Å². The molecule has 0 amide bonds. The summed E-state index contributed by atoms with van der Waals surface area (Å²) in [5.74, 6) is -0.560. The number of ether oxygens (including phenoxy) is 2. The maximum atomic E-state index is 11.4. The molecule has 0 radical (unpaired) electrons. The van der Waals surface area contributed by atoms with Gasteiger partial charge in [-0.05, 0) is 34.8 Å². The van der Waals surface area contributed by atoms with Crippen molar-refractivity contribution in [3.8, 4) is 0 Å². The standard InChI is InChI=1S/C18H25IO4/c1-15(9-7-5-4-6-8-12-19)10-11-16(13-17(20)22-2)14-18(21)23-3/h5,7-8,10-13,15H,4,6,9,14H2,1-3H3/b7-5+,11-10+,12-8+,16-13-/t15-/m0/s1. The Labute approximate surface area is 152 Å². The molecule has 1 atom stereocenters. The van der Waals surface area contributed by atoms with Crippen LogP contribution in [0.1, 0.15) is 32.6 Å². The van der Waals surface area contributed by atoms with Crippen molar-refractivity contribution in [2.45, 2.75) is 32.6 Å². The molecule has 0 heterocycles. The lowest BCUT2D eigenvalue weighted by molar-refractivity contribution is -0.139. The Morgan fingerprint density at radius 2 is 1.78 bits per heavy atom. The molecule has 0 N–H and O–H groups in total. The molecule has 0 aromatic heterocycles. The quantitative estimate of drug-likeness (QED) is 0.127. The minimum absolute atomic E-state index is 0.0489. The van der Waals surface area contributed by atoms with Crippen molar-refractivity contribution in [3.63, 3.8) is 0 Å². The lowest BCUT2D eigenvalue weighted by Crippen LogP contribution is -2.04. The minimum atomic E-state index is -0.482. The molecule has 0 aromatic rings. The van der Waals surface area contributed by atoms with E-state index in [9.17, 15) is 9.59 Å². The summed E-state index contributed by atoms with van der Waals surface area (Å²) < 4.78 is 11.2. The van der Waals surface area contributed by atoms with Crippen LogP contribution in [0.2, 0.25) is 0 Å². The molecule has 0 aliphatic carbocycles. The van der Waals surface area contributed by atoms with E-state index >= 15 is 0 Å². The van der Waals surface area contributed by atoms with Crippen molar-refractivity contribution in [1.29, 1.82) is 0 Å². The van der Waals surface area contributed by atoms with Crippen LogP contribution >= 0.6 is 22.6 Å². The van der Waals surface area contributed by atoms with Crippen LogP contribution in [0.3, 0.4) is 0 Å². The van der Waals surface area contributed by atoms with Gasteiger partial charge in [0.15, 0.2) is 0 Å². The maximum Gasteiger partial charge on any atom is 0.330 e. The van der Waals surface area contributed by atoms with Gasteiger partial charge in [0.2, 0.25) is 0 Å². The number of rotatable bonds is 10. The van der Waals surface area contributed by atoms with E-state index in [1.54, 1.807) is 6.08 Å².